The van der Waals surface area contributed by atoms with Gasteiger partial charge in [0, 0.05) is 151 Å². The number of nitrogens with zero attached hydrogens (tertiary/aromatic N) is 8. The number of aryl methyl sites for hydroxylation is 4. The summed E-state index contributed by atoms with van der Waals surface area (Å²) in [6, 6.07) is 141. The van der Waals surface area contributed by atoms with Gasteiger partial charge in [0.05, 0.1) is 22.3 Å². The molecule has 0 saturated heterocycles. The van der Waals surface area contributed by atoms with Gasteiger partial charge in [0.1, 0.15) is 22.3 Å². The van der Waals surface area contributed by atoms with Crippen LogP contribution in [0.3, 0.4) is 0 Å². The normalized spacial score (nSPS) is 10.7. The van der Waals surface area contributed by atoms with Crippen LogP contribution in [0.2, 0.25) is 0 Å². The van der Waals surface area contributed by atoms with E-state index in [1.165, 1.54) is 27.8 Å². The molecule has 24 aromatic rings. The summed E-state index contributed by atoms with van der Waals surface area (Å²) in [4.78, 5) is 35.1. The fraction of sp³-hybridized carbons (Fsp3) is 0.125. The monoisotopic (exact) mass is 2590 g/mol. The molecule has 0 N–H and O–H groups in total. The van der Waals surface area contributed by atoms with Crippen molar-refractivity contribution in [1.29, 1.82) is 0 Å². The van der Waals surface area contributed by atoms with Crippen molar-refractivity contribution in [3.63, 3.8) is 0 Å². The number of para-hydroxylation sites is 4. The molecule has 0 spiro atoms. The van der Waals surface area contributed by atoms with Crippen molar-refractivity contribution in [3.8, 4) is 90.1 Å². The summed E-state index contributed by atoms with van der Waals surface area (Å²) >= 11 is 0. The Balaban J connectivity index is 0.000000138. The standard InChI is InChI=1S/4C18H12NO.4C14H14N.4Ir/c1-12-6-5-11-19-17(12)15-9-4-8-14-13-7-2-3-10-16(13)20-18(14)15;1-12-6-4-10-16(19-12)15-9-5-8-14-13-7-2-3-11-17(13)20-18(14)15;1-12-9-10-19-16(11-12)15-7-4-6-14-13-5-2-3-8-17(13)20-18(14)15;1-12-9-10-16(19-11-12)15-7-4-6-14-13-5-2-3-8-17(13)20-18(14)15;4*1-11(2)12-6-8-13(9-7-12)14-5-3-4-10-15-14;;;;/h2*2-8,10-11H,1H3;2*2-6,8-11H,1H3;4*3-8,10-11H,1-2H3;;;;/q8*-1;;;;. The first-order chi connectivity index (χ1) is 68.4. The fourth-order valence-corrected chi connectivity index (χ4v) is 16.1. The van der Waals surface area contributed by atoms with E-state index >= 15 is 0 Å². The first kappa shape index (κ1) is 107. The molecule has 0 aliphatic heterocycles. The van der Waals surface area contributed by atoms with Crippen LogP contribution in [-0.2, 0) is 80.4 Å². The molecule has 12 heterocycles. The molecular formula is C128H104Ir4N8O4-8. The maximum absolute atomic E-state index is 6.02. The quantitative estimate of drug-likeness (QED) is 0.107. The van der Waals surface area contributed by atoms with E-state index in [4.69, 9.17) is 17.7 Å². The molecule has 0 atom stereocenters. The van der Waals surface area contributed by atoms with Crippen LogP contribution in [0.15, 0.2) is 407 Å². The molecule has 12 nitrogen and oxygen atoms in total. The average molecular weight is 2590 g/mol. The number of fused-ring (bicyclic) bond motifs is 12. The molecule has 0 fully saturated rings. The van der Waals surface area contributed by atoms with Crippen molar-refractivity contribution in [2.24, 2.45) is 0 Å². The van der Waals surface area contributed by atoms with Crippen molar-refractivity contribution in [3.05, 3.63) is 482 Å². The van der Waals surface area contributed by atoms with Gasteiger partial charge in [-0.1, -0.05) is 292 Å². The molecular weight excluding hydrogens is 2480 g/mol. The molecule has 0 aliphatic rings. The van der Waals surface area contributed by atoms with E-state index < -0.39 is 0 Å². The van der Waals surface area contributed by atoms with Crippen molar-refractivity contribution < 1.29 is 98.1 Å². The zero-order valence-electron chi connectivity index (χ0n) is 81.8. The Morgan fingerprint density at radius 1 is 0.229 bits per heavy atom. The van der Waals surface area contributed by atoms with E-state index in [1.54, 1.807) is 31.0 Å². The van der Waals surface area contributed by atoms with Gasteiger partial charge in [-0.3, -0.25) is 0 Å². The Kier molecular flexibility index (Phi) is 38.3. The van der Waals surface area contributed by atoms with Crippen LogP contribution in [0.1, 0.15) is 124 Å². The van der Waals surface area contributed by atoms with Crippen LogP contribution in [0, 0.1) is 76.2 Å². The number of benzene rings is 12. The molecule has 0 amide bonds. The minimum atomic E-state index is 0. The van der Waals surface area contributed by atoms with Gasteiger partial charge in [0.25, 0.3) is 0 Å². The van der Waals surface area contributed by atoms with Crippen molar-refractivity contribution in [1.82, 2.24) is 39.9 Å². The van der Waals surface area contributed by atoms with Gasteiger partial charge in [0.15, 0.2) is 0 Å². The first-order valence-corrected chi connectivity index (χ1v) is 47.1. The van der Waals surface area contributed by atoms with Crippen LogP contribution < -0.4 is 0 Å². The third-order valence-corrected chi connectivity index (χ3v) is 23.9. The molecule has 0 unspecified atom stereocenters. The summed E-state index contributed by atoms with van der Waals surface area (Å²) in [6.45, 7) is 25.6. The summed E-state index contributed by atoms with van der Waals surface area (Å²) in [5.74, 6) is 2.22. The van der Waals surface area contributed by atoms with Crippen LogP contribution >= 0.6 is 0 Å². The largest absolute Gasteiger partial charge is 0.501 e. The maximum atomic E-state index is 6.02. The minimum Gasteiger partial charge on any atom is -0.501 e. The third kappa shape index (κ3) is 26.4. The van der Waals surface area contributed by atoms with Gasteiger partial charge in [-0.2, -0.15) is 0 Å². The summed E-state index contributed by atoms with van der Waals surface area (Å²) in [5.41, 5.74) is 32.1. The average Bonchev–Trinajstić information content (AvgIpc) is 1.64. The van der Waals surface area contributed by atoms with Gasteiger partial charge in [-0.15, -0.1) is 214 Å². The van der Waals surface area contributed by atoms with Crippen LogP contribution in [-0.4, -0.2) is 39.9 Å². The molecule has 4 radical (unpaired) electrons. The summed E-state index contributed by atoms with van der Waals surface area (Å²) in [6.07, 6.45) is 12.7. The molecule has 144 heavy (non-hydrogen) atoms. The molecule has 0 aliphatic carbocycles. The number of rotatable bonds is 12. The second-order valence-electron chi connectivity index (χ2n) is 35.2. The molecule has 12 aromatic carbocycles. The van der Waals surface area contributed by atoms with Crippen molar-refractivity contribution in [2.75, 3.05) is 0 Å². The van der Waals surface area contributed by atoms with Gasteiger partial charge >= 0.3 is 0 Å². The molecule has 0 bridgehead atoms. The van der Waals surface area contributed by atoms with Gasteiger partial charge in [-0.05, 0) is 146 Å². The molecule has 16 heteroatoms. The fourth-order valence-electron chi connectivity index (χ4n) is 16.1. The zero-order chi connectivity index (χ0) is 96.8. The molecule has 0 saturated carbocycles. The number of hydrogen-bond acceptors (Lipinski definition) is 12. The van der Waals surface area contributed by atoms with E-state index in [0.29, 0.717) is 23.7 Å². The number of pyridine rings is 8. The first-order valence-electron chi connectivity index (χ1n) is 47.1. The summed E-state index contributed by atoms with van der Waals surface area (Å²) in [5, 5.41) is 8.96. The SMILES string of the molecule is CC(C)c1c[c-]c(-c2ccccn2)cc1.CC(C)c1c[c-]c(-c2ccccn2)cc1.CC(C)c1c[c-]c(-c2ccccn2)cc1.CC(C)c1c[c-]c(-c2ccccn2)cc1.Cc1ccc(-c2[c-]ccc3c2oc2ccccc23)nc1.Cc1cccc(-c2[c-]ccc3c2oc2ccccc23)n1.Cc1cccnc1-c1[c-]ccc2c1oc1ccccc12.Cc1ccnc(-c2[c-]ccc3c2oc2ccccc23)c1.[Ir].[Ir].[Ir].[Ir]. The number of furan rings is 4. The summed E-state index contributed by atoms with van der Waals surface area (Å²) in [7, 11) is 0. The van der Waals surface area contributed by atoms with Gasteiger partial charge in [-0.25, -0.2) is 0 Å². The van der Waals surface area contributed by atoms with Crippen molar-refractivity contribution in [2.45, 2.75) is 107 Å². The summed E-state index contributed by atoms with van der Waals surface area (Å²) < 4.78 is 24.0. The maximum Gasteiger partial charge on any atom is 0.120 e. The third-order valence-electron chi connectivity index (χ3n) is 23.9. The predicted octanol–water partition coefficient (Wildman–Crippen LogP) is 33.7. The second kappa shape index (κ2) is 51.5. The number of aromatic nitrogens is 8. The number of hydrogen-bond donors (Lipinski definition) is 0. The molecule has 724 valence electrons. The smallest absolute Gasteiger partial charge is 0.120 e. The topological polar surface area (TPSA) is 156 Å². The van der Waals surface area contributed by atoms with Crippen LogP contribution in [0.5, 0.6) is 0 Å². The van der Waals surface area contributed by atoms with Crippen LogP contribution in [0.4, 0.5) is 0 Å². The Bertz CT molecular complexity index is 7700. The van der Waals surface area contributed by atoms with E-state index in [2.05, 4.69) is 273 Å². The van der Waals surface area contributed by atoms with E-state index in [1.807, 2.05) is 257 Å². The predicted molar refractivity (Wildman–Crippen MR) is 572 cm³/mol. The van der Waals surface area contributed by atoms with E-state index in [9.17, 15) is 0 Å². The molecule has 12 aromatic heterocycles. The van der Waals surface area contributed by atoms with Crippen molar-refractivity contribution >= 4 is 87.8 Å². The van der Waals surface area contributed by atoms with Crippen LogP contribution in [0.25, 0.3) is 178 Å². The Morgan fingerprint density at radius 2 is 0.549 bits per heavy atom. The zero-order valence-corrected chi connectivity index (χ0v) is 91.4. The van der Waals surface area contributed by atoms with Gasteiger partial charge < -0.3 is 57.5 Å². The molecule has 24 rings (SSSR count). The van der Waals surface area contributed by atoms with Gasteiger partial charge in [0.2, 0.25) is 0 Å². The Hall–Kier alpha value is -14.4. The minimum absolute atomic E-state index is 0. The Labute approximate surface area is 896 Å². The van der Waals surface area contributed by atoms with E-state index in [-0.39, 0.29) is 80.4 Å². The second-order valence-corrected chi connectivity index (χ2v) is 35.2. The Morgan fingerprint density at radius 3 is 0.861 bits per heavy atom. The van der Waals surface area contributed by atoms with E-state index in [0.717, 1.165) is 195 Å².